The first-order chi connectivity index (χ1) is 21.7. The Bertz CT molecular complexity index is 1700. The van der Waals surface area contributed by atoms with E-state index in [1.165, 1.54) is 35.8 Å². The number of hydrogen-bond donors (Lipinski definition) is 1. The van der Waals surface area contributed by atoms with Crippen molar-refractivity contribution in [3.63, 3.8) is 0 Å². The molecule has 1 atom stereocenters. The van der Waals surface area contributed by atoms with E-state index in [0.717, 1.165) is 24.8 Å². The molecular formula is C34H36BrN3O5S2. The van der Waals surface area contributed by atoms with Crippen LogP contribution >= 0.6 is 27.7 Å². The van der Waals surface area contributed by atoms with Gasteiger partial charge in [0.15, 0.2) is 0 Å². The summed E-state index contributed by atoms with van der Waals surface area (Å²) >= 11 is 4.99. The number of amides is 2. The monoisotopic (exact) mass is 709 g/mol. The predicted molar refractivity (Wildman–Crippen MR) is 183 cm³/mol. The summed E-state index contributed by atoms with van der Waals surface area (Å²) in [6, 6.07) is 29.2. The van der Waals surface area contributed by atoms with Gasteiger partial charge in [0.2, 0.25) is 11.8 Å². The third-order valence-corrected chi connectivity index (χ3v) is 10.1. The number of rotatable bonds is 14. The lowest BCUT2D eigenvalue weighted by Crippen LogP contribution is -2.53. The Morgan fingerprint density at radius 1 is 0.911 bits per heavy atom. The number of benzene rings is 4. The molecule has 2 amide bonds. The van der Waals surface area contributed by atoms with Gasteiger partial charge >= 0.3 is 0 Å². The third kappa shape index (κ3) is 8.68. The van der Waals surface area contributed by atoms with Gasteiger partial charge in [0.1, 0.15) is 18.3 Å². The number of halogens is 1. The number of nitrogens with zero attached hydrogens (tertiary/aromatic N) is 2. The second-order valence-corrected chi connectivity index (χ2v) is 13.7. The Hall–Kier alpha value is -3.80. The standard InChI is InChI=1S/C34H36BrN3O5S2/c1-4-43-32-16-9-8-15-30(32)38(45(41,42)29-19-17-28(44-3)18-20-29)24-33(39)37(23-26-13-10-14-27(35)21-26)31(34(40)36-2)22-25-11-6-5-7-12-25/h5-21,31H,4,22-24H2,1-3H3,(H,36,40)/t31-/m0/s1. The first-order valence-electron chi connectivity index (χ1n) is 14.4. The lowest BCUT2D eigenvalue weighted by molar-refractivity contribution is -0.139. The average molecular weight is 711 g/mol. The molecule has 0 aromatic heterocycles. The van der Waals surface area contributed by atoms with Crippen molar-refractivity contribution in [2.24, 2.45) is 0 Å². The largest absolute Gasteiger partial charge is 0.492 e. The zero-order valence-electron chi connectivity index (χ0n) is 25.4. The molecule has 8 nitrogen and oxygen atoms in total. The third-order valence-electron chi connectivity index (χ3n) is 7.12. The van der Waals surface area contributed by atoms with Crippen molar-refractivity contribution in [2.45, 2.75) is 35.7 Å². The highest BCUT2D eigenvalue weighted by molar-refractivity contribution is 9.10. The molecule has 0 radical (unpaired) electrons. The fourth-order valence-electron chi connectivity index (χ4n) is 4.88. The smallest absolute Gasteiger partial charge is 0.264 e. The van der Waals surface area contributed by atoms with Gasteiger partial charge < -0.3 is 15.0 Å². The van der Waals surface area contributed by atoms with Crippen LogP contribution in [-0.2, 0) is 32.6 Å². The summed E-state index contributed by atoms with van der Waals surface area (Å²) in [4.78, 5) is 30.3. The molecule has 45 heavy (non-hydrogen) atoms. The zero-order valence-corrected chi connectivity index (χ0v) is 28.6. The summed E-state index contributed by atoms with van der Waals surface area (Å²) < 4.78 is 36.3. The van der Waals surface area contributed by atoms with Crippen molar-refractivity contribution in [1.29, 1.82) is 0 Å². The molecule has 0 unspecified atom stereocenters. The normalized spacial score (nSPS) is 11.8. The lowest BCUT2D eigenvalue weighted by Gasteiger charge is -2.34. The van der Waals surface area contributed by atoms with Crippen LogP contribution < -0.4 is 14.4 Å². The van der Waals surface area contributed by atoms with E-state index in [2.05, 4.69) is 21.2 Å². The Balaban J connectivity index is 1.82. The zero-order chi connectivity index (χ0) is 32.4. The number of carbonyl (C=O) groups is 2. The van der Waals surface area contributed by atoms with Crippen molar-refractivity contribution in [1.82, 2.24) is 10.2 Å². The van der Waals surface area contributed by atoms with Crippen LogP contribution in [-0.4, -0.2) is 57.6 Å². The molecule has 0 fully saturated rings. The summed E-state index contributed by atoms with van der Waals surface area (Å²) in [7, 11) is -2.73. The fraction of sp³-hybridized carbons (Fsp3) is 0.235. The van der Waals surface area contributed by atoms with Gasteiger partial charge in [-0.25, -0.2) is 8.42 Å². The Morgan fingerprint density at radius 3 is 2.22 bits per heavy atom. The number of carbonyl (C=O) groups excluding carboxylic acids is 2. The first-order valence-corrected chi connectivity index (χ1v) is 17.8. The minimum Gasteiger partial charge on any atom is -0.492 e. The molecule has 0 aliphatic carbocycles. The number of likely N-dealkylation sites (N-methyl/N-ethyl adjacent to an activating group) is 1. The topological polar surface area (TPSA) is 96.0 Å². The average Bonchev–Trinajstić information content (AvgIpc) is 3.05. The highest BCUT2D eigenvalue weighted by atomic mass is 79.9. The van der Waals surface area contributed by atoms with E-state index >= 15 is 0 Å². The van der Waals surface area contributed by atoms with Gasteiger partial charge in [0.05, 0.1) is 17.2 Å². The van der Waals surface area contributed by atoms with Crippen molar-refractivity contribution in [3.05, 3.63) is 119 Å². The van der Waals surface area contributed by atoms with Crippen LogP contribution in [0, 0.1) is 0 Å². The lowest BCUT2D eigenvalue weighted by atomic mass is 10.0. The SMILES string of the molecule is CCOc1ccccc1N(CC(=O)N(Cc1cccc(Br)c1)[C@@H](Cc1ccccc1)C(=O)NC)S(=O)(=O)c1ccc(SC)cc1. The van der Waals surface area contributed by atoms with E-state index in [-0.39, 0.29) is 29.5 Å². The number of nitrogens with one attached hydrogen (secondary N) is 1. The molecule has 11 heteroatoms. The van der Waals surface area contributed by atoms with E-state index in [1.807, 2.05) is 60.9 Å². The summed E-state index contributed by atoms with van der Waals surface area (Å²) in [5.74, 6) is -0.586. The van der Waals surface area contributed by atoms with Gasteiger partial charge in [-0.05, 0) is 72.8 Å². The van der Waals surface area contributed by atoms with Crippen LogP contribution in [0.1, 0.15) is 18.1 Å². The van der Waals surface area contributed by atoms with Crippen molar-refractivity contribution >= 4 is 55.2 Å². The van der Waals surface area contributed by atoms with Gasteiger partial charge in [-0.15, -0.1) is 11.8 Å². The van der Waals surface area contributed by atoms with E-state index < -0.39 is 28.5 Å². The molecule has 0 aliphatic heterocycles. The molecule has 236 valence electrons. The summed E-state index contributed by atoms with van der Waals surface area (Å²) in [6.07, 6.45) is 2.14. The van der Waals surface area contributed by atoms with E-state index in [9.17, 15) is 18.0 Å². The number of ether oxygens (including phenoxy) is 1. The van der Waals surface area contributed by atoms with E-state index in [0.29, 0.717) is 12.4 Å². The number of thioether (sulfide) groups is 1. The number of sulfonamides is 1. The summed E-state index contributed by atoms with van der Waals surface area (Å²) in [6.45, 7) is 1.62. The van der Waals surface area contributed by atoms with Crippen LogP contribution in [0.4, 0.5) is 5.69 Å². The number of para-hydroxylation sites is 2. The minimum absolute atomic E-state index is 0.0325. The summed E-state index contributed by atoms with van der Waals surface area (Å²) in [5, 5.41) is 2.70. The van der Waals surface area contributed by atoms with Crippen molar-refractivity contribution in [3.8, 4) is 5.75 Å². The molecule has 0 aliphatic rings. The molecule has 1 N–H and O–H groups in total. The predicted octanol–water partition coefficient (Wildman–Crippen LogP) is 6.15. The molecule has 4 aromatic rings. The Kier molecular flexibility index (Phi) is 12.1. The molecule has 0 saturated carbocycles. The minimum atomic E-state index is -4.25. The molecule has 0 heterocycles. The van der Waals surface area contributed by atoms with Crippen LogP contribution in [0.5, 0.6) is 5.75 Å². The van der Waals surface area contributed by atoms with E-state index in [4.69, 9.17) is 4.74 Å². The number of hydrogen-bond acceptors (Lipinski definition) is 6. The van der Waals surface area contributed by atoms with Crippen LogP contribution in [0.15, 0.2) is 117 Å². The molecule has 0 spiro atoms. The van der Waals surface area contributed by atoms with Crippen molar-refractivity contribution < 1.29 is 22.7 Å². The van der Waals surface area contributed by atoms with Crippen molar-refractivity contribution in [2.75, 3.05) is 30.8 Å². The van der Waals surface area contributed by atoms with Crippen LogP contribution in [0.3, 0.4) is 0 Å². The summed E-state index contributed by atoms with van der Waals surface area (Å²) in [5.41, 5.74) is 1.86. The quantitative estimate of drug-likeness (QED) is 0.158. The van der Waals surface area contributed by atoms with Crippen LogP contribution in [0.25, 0.3) is 0 Å². The fourth-order valence-corrected chi connectivity index (χ4v) is 7.16. The molecule has 0 bridgehead atoms. The Morgan fingerprint density at radius 2 is 1.58 bits per heavy atom. The maximum absolute atomic E-state index is 14.5. The highest BCUT2D eigenvalue weighted by Crippen LogP contribution is 2.33. The van der Waals surface area contributed by atoms with Gasteiger partial charge in [-0.1, -0.05) is 70.5 Å². The second kappa shape index (κ2) is 16.0. The highest BCUT2D eigenvalue weighted by Gasteiger charge is 2.35. The molecule has 4 rings (SSSR count). The van der Waals surface area contributed by atoms with Gasteiger partial charge in [0.25, 0.3) is 10.0 Å². The molecular weight excluding hydrogens is 674 g/mol. The second-order valence-electron chi connectivity index (χ2n) is 10.1. The van der Waals surface area contributed by atoms with Gasteiger partial charge in [-0.2, -0.15) is 0 Å². The van der Waals surface area contributed by atoms with Gasteiger partial charge in [-0.3, -0.25) is 13.9 Å². The van der Waals surface area contributed by atoms with Gasteiger partial charge in [0, 0.05) is 29.4 Å². The number of anilines is 1. The maximum Gasteiger partial charge on any atom is 0.264 e. The van der Waals surface area contributed by atoms with Crippen LogP contribution in [0.2, 0.25) is 0 Å². The Labute approximate surface area is 278 Å². The molecule has 0 saturated heterocycles. The first kappa shape index (κ1) is 34.1. The van der Waals surface area contributed by atoms with E-state index in [1.54, 1.807) is 43.3 Å². The molecule has 4 aromatic carbocycles. The maximum atomic E-state index is 14.5.